The Morgan fingerprint density at radius 1 is 1.53 bits per heavy atom. The van der Waals surface area contributed by atoms with Gasteiger partial charge in [-0.1, -0.05) is 11.6 Å². The van der Waals surface area contributed by atoms with E-state index in [1.54, 1.807) is 6.07 Å². The van der Waals surface area contributed by atoms with Crippen molar-refractivity contribution in [2.75, 3.05) is 5.73 Å². The fraction of sp³-hybridized carbons (Fsp3) is 0.125. The van der Waals surface area contributed by atoms with Crippen LogP contribution in [0.4, 0.5) is 5.95 Å². The monoisotopic (exact) mass is 225 g/mol. The van der Waals surface area contributed by atoms with Gasteiger partial charge in [0, 0.05) is 11.8 Å². The first-order valence-electron chi connectivity index (χ1n) is 4.13. The van der Waals surface area contributed by atoms with Crippen LogP contribution in [0.2, 0.25) is 5.02 Å². The number of nitrogens with one attached hydrogen (secondary N) is 1. The van der Waals surface area contributed by atoms with E-state index in [4.69, 9.17) is 22.1 Å². The van der Waals surface area contributed by atoms with Crippen molar-refractivity contribution in [3.8, 4) is 11.8 Å². The molecule has 2 rings (SSSR count). The van der Waals surface area contributed by atoms with Gasteiger partial charge in [0.1, 0.15) is 5.02 Å². The van der Waals surface area contributed by atoms with E-state index < -0.39 is 0 Å². The van der Waals surface area contributed by atoms with Gasteiger partial charge in [-0.05, 0) is 6.92 Å². The summed E-state index contributed by atoms with van der Waals surface area (Å²) >= 11 is 5.81. The highest BCUT2D eigenvalue weighted by molar-refractivity contribution is 6.31. The summed E-state index contributed by atoms with van der Waals surface area (Å²) in [7, 11) is 0. The van der Waals surface area contributed by atoms with Gasteiger partial charge < -0.3 is 10.5 Å². The molecule has 0 spiro atoms. The molecule has 2 aromatic heterocycles. The second-order valence-electron chi connectivity index (χ2n) is 2.87. The molecule has 0 amide bonds. The molecule has 15 heavy (non-hydrogen) atoms. The van der Waals surface area contributed by atoms with Gasteiger partial charge in [0.05, 0.1) is 6.20 Å². The number of hydrogen-bond acceptors (Lipinski definition) is 5. The molecular weight excluding hydrogens is 218 g/mol. The molecule has 0 radical (unpaired) electrons. The minimum absolute atomic E-state index is 0.0988. The number of rotatable bonds is 2. The van der Waals surface area contributed by atoms with Crippen LogP contribution >= 0.6 is 11.6 Å². The molecule has 3 N–H and O–H groups in total. The Labute approximate surface area is 90.4 Å². The lowest BCUT2D eigenvalue weighted by atomic mass is 10.5. The molecule has 0 aromatic carbocycles. The first kappa shape index (κ1) is 9.72. The molecule has 0 bridgehead atoms. The van der Waals surface area contributed by atoms with Crippen molar-refractivity contribution in [2.45, 2.75) is 6.92 Å². The number of aryl methyl sites for hydroxylation is 1. The van der Waals surface area contributed by atoms with Gasteiger partial charge in [-0.2, -0.15) is 4.98 Å². The molecule has 2 aromatic rings. The maximum atomic E-state index is 5.81. The van der Waals surface area contributed by atoms with Crippen LogP contribution in [0.3, 0.4) is 0 Å². The van der Waals surface area contributed by atoms with Crippen molar-refractivity contribution in [1.29, 1.82) is 0 Å². The quantitative estimate of drug-likeness (QED) is 0.809. The zero-order valence-electron chi connectivity index (χ0n) is 7.86. The molecule has 0 aliphatic heterocycles. The summed E-state index contributed by atoms with van der Waals surface area (Å²) in [6.07, 6.45) is 1.37. The number of anilines is 1. The zero-order chi connectivity index (χ0) is 10.8. The molecule has 0 unspecified atom stereocenters. The Kier molecular flexibility index (Phi) is 2.42. The van der Waals surface area contributed by atoms with Gasteiger partial charge in [-0.15, -0.1) is 5.10 Å². The topological polar surface area (TPSA) is 89.7 Å². The second-order valence-corrected chi connectivity index (χ2v) is 3.28. The van der Waals surface area contributed by atoms with Crippen LogP contribution in [0, 0.1) is 6.92 Å². The van der Waals surface area contributed by atoms with Gasteiger partial charge >= 0.3 is 0 Å². The highest BCUT2D eigenvalue weighted by Gasteiger charge is 2.08. The number of nitrogen functional groups attached to an aromatic ring is 1. The van der Waals surface area contributed by atoms with E-state index in [1.807, 2.05) is 6.92 Å². The van der Waals surface area contributed by atoms with Crippen LogP contribution < -0.4 is 10.5 Å². The van der Waals surface area contributed by atoms with Crippen LogP contribution in [0.15, 0.2) is 12.3 Å². The number of nitrogens with two attached hydrogens (primary N) is 1. The Morgan fingerprint density at radius 3 is 3.00 bits per heavy atom. The number of aromatic amines is 1. The molecule has 0 saturated carbocycles. The van der Waals surface area contributed by atoms with E-state index in [0.29, 0.717) is 5.88 Å². The standard InChI is InChI=1S/C8H8ClN5O/c1-4-2-6(14-13-4)15-7-5(9)3-11-8(10)12-7/h2-3H,1H3,(H,13,14)(H2,10,11,12). The van der Waals surface area contributed by atoms with E-state index in [9.17, 15) is 0 Å². The van der Waals surface area contributed by atoms with E-state index in [2.05, 4.69) is 20.2 Å². The number of ether oxygens (including phenoxy) is 1. The molecule has 0 aliphatic rings. The third-order valence-corrected chi connectivity index (χ3v) is 1.87. The Bertz CT molecular complexity index is 484. The molecule has 7 heteroatoms. The second kappa shape index (κ2) is 3.74. The normalized spacial score (nSPS) is 10.3. The van der Waals surface area contributed by atoms with Crippen LogP contribution in [-0.4, -0.2) is 20.2 Å². The van der Waals surface area contributed by atoms with Crippen molar-refractivity contribution < 1.29 is 4.74 Å². The molecule has 0 aliphatic carbocycles. The highest BCUT2D eigenvalue weighted by Crippen LogP contribution is 2.25. The van der Waals surface area contributed by atoms with Crippen LogP contribution in [0.5, 0.6) is 11.8 Å². The average Bonchev–Trinajstić information content (AvgIpc) is 2.58. The van der Waals surface area contributed by atoms with Gasteiger partial charge in [0.2, 0.25) is 17.7 Å². The fourth-order valence-corrected chi connectivity index (χ4v) is 1.11. The molecule has 0 saturated heterocycles. The summed E-state index contributed by atoms with van der Waals surface area (Å²) in [6, 6.07) is 1.72. The predicted molar refractivity (Wildman–Crippen MR) is 54.9 cm³/mol. The first-order valence-corrected chi connectivity index (χ1v) is 4.51. The van der Waals surface area contributed by atoms with Crippen molar-refractivity contribution in [1.82, 2.24) is 20.2 Å². The summed E-state index contributed by atoms with van der Waals surface area (Å²) in [6.45, 7) is 1.86. The van der Waals surface area contributed by atoms with Gasteiger partial charge in [0.15, 0.2) is 0 Å². The molecule has 0 atom stereocenters. The van der Waals surface area contributed by atoms with E-state index in [-0.39, 0.29) is 16.9 Å². The molecule has 6 nitrogen and oxygen atoms in total. The number of H-pyrrole nitrogens is 1. The van der Waals surface area contributed by atoms with E-state index in [1.165, 1.54) is 6.20 Å². The third kappa shape index (κ3) is 2.16. The van der Waals surface area contributed by atoms with Crippen LogP contribution in [0.1, 0.15) is 5.69 Å². The Morgan fingerprint density at radius 2 is 2.33 bits per heavy atom. The van der Waals surface area contributed by atoms with E-state index >= 15 is 0 Å². The van der Waals surface area contributed by atoms with Crippen molar-refractivity contribution >= 4 is 17.5 Å². The Balaban J connectivity index is 2.27. The summed E-state index contributed by atoms with van der Waals surface area (Å²) in [5.74, 6) is 0.671. The van der Waals surface area contributed by atoms with E-state index in [0.717, 1.165) is 5.69 Å². The number of aromatic nitrogens is 4. The van der Waals surface area contributed by atoms with Crippen LogP contribution in [-0.2, 0) is 0 Å². The lowest BCUT2D eigenvalue weighted by molar-refractivity contribution is 0.443. The van der Waals surface area contributed by atoms with Crippen molar-refractivity contribution in [3.63, 3.8) is 0 Å². The predicted octanol–water partition coefficient (Wildman–Crippen LogP) is 1.54. The zero-order valence-corrected chi connectivity index (χ0v) is 8.62. The maximum Gasteiger partial charge on any atom is 0.245 e. The minimum atomic E-state index is 0.0988. The lowest BCUT2D eigenvalue weighted by Crippen LogP contribution is -1.97. The summed E-state index contributed by atoms with van der Waals surface area (Å²) in [4.78, 5) is 7.55. The maximum absolute atomic E-state index is 5.81. The van der Waals surface area contributed by atoms with Crippen molar-refractivity contribution in [3.05, 3.63) is 23.0 Å². The van der Waals surface area contributed by atoms with Crippen molar-refractivity contribution in [2.24, 2.45) is 0 Å². The molecule has 0 fully saturated rings. The molecule has 2 heterocycles. The summed E-state index contributed by atoms with van der Waals surface area (Å²) in [5, 5.41) is 6.89. The smallest absolute Gasteiger partial charge is 0.245 e. The Hall–Kier alpha value is -1.82. The number of halogens is 1. The number of hydrogen-bond donors (Lipinski definition) is 2. The SMILES string of the molecule is Cc1cc(Oc2nc(N)ncc2Cl)n[nH]1. The largest absolute Gasteiger partial charge is 0.417 e. The fourth-order valence-electron chi connectivity index (χ4n) is 0.980. The third-order valence-electron chi connectivity index (χ3n) is 1.61. The van der Waals surface area contributed by atoms with Gasteiger partial charge in [-0.25, -0.2) is 4.98 Å². The molecular formula is C8H8ClN5O. The van der Waals surface area contributed by atoms with Gasteiger partial charge in [-0.3, -0.25) is 5.10 Å². The number of nitrogens with zero attached hydrogens (tertiary/aromatic N) is 3. The van der Waals surface area contributed by atoms with Gasteiger partial charge in [0.25, 0.3) is 0 Å². The molecule has 78 valence electrons. The highest BCUT2D eigenvalue weighted by atomic mass is 35.5. The summed E-state index contributed by atoms with van der Waals surface area (Å²) in [5.41, 5.74) is 6.28. The average molecular weight is 226 g/mol. The lowest BCUT2D eigenvalue weighted by Gasteiger charge is -2.02. The van der Waals surface area contributed by atoms with Crippen LogP contribution in [0.25, 0.3) is 0 Å². The minimum Gasteiger partial charge on any atom is -0.417 e. The first-order chi connectivity index (χ1) is 7.15. The summed E-state index contributed by atoms with van der Waals surface area (Å²) < 4.78 is 5.31.